The number of rotatable bonds is 4. The first-order chi connectivity index (χ1) is 7.24. The molecule has 0 aliphatic rings. The van der Waals surface area contributed by atoms with Crippen LogP contribution in [0.3, 0.4) is 0 Å². The van der Waals surface area contributed by atoms with E-state index in [9.17, 15) is 4.79 Å². The number of aliphatic hydroxyl groups excluding tert-OH is 1. The lowest BCUT2D eigenvalue weighted by atomic mass is 10.1. The summed E-state index contributed by atoms with van der Waals surface area (Å²) in [5.74, 6) is -0.145. The van der Waals surface area contributed by atoms with Crippen LogP contribution in [0.25, 0.3) is 6.08 Å². The van der Waals surface area contributed by atoms with E-state index in [1.165, 1.54) is 0 Å². The Morgan fingerprint density at radius 1 is 1.40 bits per heavy atom. The van der Waals surface area contributed by atoms with E-state index in [0.717, 1.165) is 5.56 Å². The molecule has 2 N–H and O–H groups in total. The Kier molecular flexibility index (Phi) is 4.57. The van der Waals surface area contributed by atoms with Crippen molar-refractivity contribution in [3.05, 3.63) is 41.5 Å². The molecule has 0 radical (unpaired) electrons. The van der Waals surface area contributed by atoms with Gasteiger partial charge in [-0.2, -0.15) is 0 Å². The van der Waals surface area contributed by atoms with Crippen molar-refractivity contribution in [2.45, 2.75) is 6.92 Å². The molecule has 1 aromatic carbocycles. The van der Waals surface area contributed by atoms with Gasteiger partial charge in [-0.3, -0.25) is 4.79 Å². The topological polar surface area (TPSA) is 49.3 Å². The standard InChI is InChI=1S/C12H15NO2/c1-10(12(15)13-7-8-14)9-11-5-3-2-4-6-11/h2-6,9,14H,7-8H2,1H3,(H,13,15)/b10-9+. The number of carbonyl (C=O) groups excluding carboxylic acids is 1. The molecular weight excluding hydrogens is 190 g/mol. The van der Waals surface area contributed by atoms with E-state index in [1.807, 2.05) is 36.4 Å². The van der Waals surface area contributed by atoms with Crippen LogP contribution in [0.4, 0.5) is 0 Å². The second-order valence-electron chi connectivity index (χ2n) is 3.22. The smallest absolute Gasteiger partial charge is 0.247 e. The first-order valence-electron chi connectivity index (χ1n) is 4.86. The fraction of sp³-hybridized carbons (Fsp3) is 0.250. The third-order valence-electron chi connectivity index (χ3n) is 1.94. The minimum Gasteiger partial charge on any atom is -0.395 e. The molecule has 0 spiro atoms. The predicted molar refractivity (Wildman–Crippen MR) is 60.2 cm³/mol. The van der Waals surface area contributed by atoms with Gasteiger partial charge in [0, 0.05) is 12.1 Å². The van der Waals surface area contributed by atoms with Crippen molar-refractivity contribution in [2.75, 3.05) is 13.2 Å². The Hall–Kier alpha value is -1.61. The highest BCUT2D eigenvalue weighted by Gasteiger charge is 2.01. The van der Waals surface area contributed by atoms with E-state index < -0.39 is 0 Å². The van der Waals surface area contributed by atoms with Gasteiger partial charge in [0.1, 0.15) is 0 Å². The lowest BCUT2D eigenvalue weighted by molar-refractivity contribution is -0.117. The lowest BCUT2D eigenvalue weighted by Crippen LogP contribution is -2.26. The number of carbonyl (C=O) groups is 1. The van der Waals surface area contributed by atoms with Crippen LogP contribution in [-0.4, -0.2) is 24.2 Å². The van der Waals surface area contributed by atoms with Crippen molar-refractivity contribution in [3.8, 4) is 0 Å². The van der Waals surface area contributed by atoms with Crippen LogP contribution in [0, 0.1) is 0 Å². The van der Waals surface area contributed by atoms with Gasteiger partial charge in [0.25, 0.3) is 0 Å². The molecule has 3 nitrogen and oxygen atoms in total. The molecule has 0 fully saturated rings. The average molecular weight is 205 g/mol. The Balaban J connectivity index is 2.63. The van der Waals surface area contributed by atoms with E-state index >= 15 is 0 Å². The van der Waals surface area contributed by atoms with Crippen LogP contribution in [0.5, 0.6) is 0 Å². The Bertz CT molecular complexity index is 344. The molecule has 0 aliphatic carbocycles. The summed E-state index contributed by atoms with van der Waals surface area (Å²) in [6.45, 7) is 2.00. The van der Waals surface area contributed by atoms with Crippen LogP contribution < -0.4 is 5.32 Å². The summed E-state index contributed by atoms with van der Waals surface area (Å²) < 4.78 is 0. The maximum atomic E-state index is 11.4. The summed E-state index contributed by atoms with van der Waals surface area (Å²) in [4.78, 5) is 11.4. The van der Waals surface area contributed by atoms with Crippen molar-refractivity contribution in [3.63, 3.8) is 0 Å². The minimum atomic E-state index is -0.145. The monoisotopic (exact) mass is 205 g/mol. The molecule has 15 heavy (non-hydrogen) atoms. The van der Waals surface area contributed by atoms with E-state index in [1.54, 1.807) is 6.92 Å². The highest BCUT2D eigenvalue weighted by atomic mass is 16.3. The third-order valence-corrected chi connectivity index (χ3v) is 1.94. The largest absolute Gasteiger partial charge is 0.395 e. The molecule has 3 heteroatoms. The predicted octanol–water partition coefficient (Wildman–Crippen LogP) is 1.20. The molecule has 0 heterocycles. The summed E-state index contributed by atoms with van der Waals surface area (Å²) in [7, 11) is 0. The molecule has 1 rings (SSSR count). The molecule has 0 aromatic heterocycles. The van der Waals surface area contributed by atoms with E-state index in [2.05, 4.69) is 5.32 Å². The Morgan fingerprint density at radius 3 is 2.67 bits per heavy atom. The third kappa shape index (κ3) is 3.95. The number of nitrogens with one attached hydrogen (secondary N) is 1. The van der Waals surface area contributed by atoms with Gasteiger partial charge in [-0.1, -0.05) is 30.3 Å². The van der Waals surface area contributed by atoms with Gasteiger partial charge >= 0.3 is 0 Å². The van der Waals surface area contributed by atoms with Gasteiger partial charge in [0.2, 0.25) is 5.91 Å². The summed E-state index contributed by atoms with van der Waals surface area (Å²) in [5, 5.41) is 11.1. The van der Waals surface area contributed by atoms with Crippen molar-refractivity contribution in [1.29, 1.82) is 0 Å². The van der Waals surface area contributed by atoms with E-state index in [4.69, 9.17) is 5.11 Å². The molecule has 0 bridgehead atoms. The molecule has 1 amide bonds. The SMILES string of the molecule is C/C(=C\c1ccccc1)C(=O)NCCO. The van der Waals surface area contributed by atoms with Gasteiger partial charge in [0.15, 0.2) is 0 Å². The van der Waals surface area contributed by atoms with Gasteiger partial charge < -0.3 is 10.4 Å². The number of hydrogen-bond acceptors (Lipinski definition) is 2. The zero-order valence-corrected chi connectivity index (χ0v) is 8.73. The highest BCUT2D eigenvalue weighted by molar-refractivity contribution is 5.97. The fourth-order valence-electron chi connectivity index (χ4n) is 1.17. The van der Waals surface area contributed by atoms with Gasteiger partial charge in [-0.25, -0.2) is 0 Å². The molecule has 0 saturated heterocycles. The van der Waals surface area contributed by atoms with Crippen LogP contribution in [0.1, 0.15) is 12.5 Å². The molecule has 80 valence electrons. The normalized spacial score (nSPS) is 11.2. The summed E-state index contributed by atoms with van der Waals surface area (Å²) >= 11 is 0. The fourth-order valence-corrected chi connectivity index (χ4v) is 1.17. The van der Waals surface area contributed by atoms with Crippen molar-refractivity contribution in [1.82, 2.24) is 5.32 Å². The highest BCUT2D eigenvalue weighted by Crippen LogP contribution is 2.05. The molecular formula is C12H15NO2. The van der Waals surface area contributed by atoms with Crippen molar-refractivity contribution >= 4 is 12.0 Å². The molecule has 0 atom stereocenters. The van der Waals surface area contributed by atoms with Crippen LogP contribution in [0.2, 0.25) is 0 Å². The molecule has 0 saturated carbocycles. The van der Waals surface area contributed by atoms with E-state index in [0.29, 0.717) is 12.1 Å². The quantitative estimate of drug-likeness (QED) is 0.726. The maximum absolute atomic E-state index is 11.4. The van der Waals surface area contributed by atoms with Crippen molar-refractivity contribution < 1.29 is 9.90 Å². The first-order valence-corrected chi connectivity index (χ1v) is 4.86. The summed E-state index contributed by atoms with van der Waals surface area (Å²) in [6, 6.07) is 9.64. The number of benzene rings is 1. The van der Waals surface area contributed by atoms with Crippen LogP contribution >= 0.6 is 0 Å². The zero-order chi connectivity index (χ0) is 11.1. The molecule has 0 unspecified atom stereocenters. The van der Waals surface area contributed by atoms with Gasteiger partial charge in [-0.05, 0) is 18.6 Å². The summed E-state index contributed by atoms with van der Waals surface area (Å²) in [5.41, 5.74) is 1.63. The minimum absolute atomic E-state index is 0.0373. The zero-order valence-electron chi connectivity index (χ0n) is 8.73. The number of amides is 1. The number of hydrogen-bond donors (Lipinski definition) is 2. The number of aliphatic hydroxyl groups is 1. The van der Waals surface area contributed by atoms with Gasteiger partial charge in [0.05, 0.1) is 6.61 Å². The second kappa shape index (κ2) is 5.98. The lowest BCUT2D eigenvalue weighted by Gasteiger charge is -2.02. The van der Waals surface area contributed by atoms with Crippen molar-refractivity contribution in [2.24, 2.45) is 0 Å². The van der Waals surface area contributed by atoms with E-state index in [-0.39, 0.29) is 12.5 Å². The average Bonchev–Trinajstić information content (AvgIpc) is 2.27. The molecule has 0 aliphatic heterocycles. The Morgan fingerprint density at radius 2 is 2.07 bits per heavy atom. The second-order valence-corrected chi connectivity index (χ2v) is 3.22. The molecule has 1 aromatic rings. The first kappa shape index (κ1) is 11.5. The maximum Gasteiger partial charge on any atom is 0.247 e. The van der Waals surface area contributed by atoms with Crippen LogP contribution in [0.15, 0.2) is 35.9 Å². The Labute approximate surface area is 89.4 Å². The van der Waals surface area contributed by atoms with Gasteiger partial charge in [-0.15, -0.1) is 0 Å². The summed E-state index contributed by atoms with van der Waals surface area (Å²) in [6.07, 6.45) is 1.81. The van der Waals surface area contributed by atoms with Crippen LogP contribution in [-0.2, 0) is 4.79 Å².